The molecular formula is C14H20BrNO2. The molecule has 2 N–H and O–H groups in total. The highest BCUT2D eigenvalue weighted by Gasteiger charge is 2.19. The minimum Gasteiger partial charge on any atom is -0.497 e. The first kappa shape index (κ1) is 13.8. The lowest BCUT2D eigenvalue weighted by Gasteiger charge is -2.16. The Hall–Kier alpha value is -0.580. The second-order valence-corrected chi connectivity index (χ2v) is 5.74. The maximum Gasteiger partial charge on any atom is 0.119 e. The number of nitrogens with two attached hydrogens (primary N) is 1. The topological polar surface area (TPSA) is 44.5 Å². The molecule has 0 amide bonds. The molecule has 1 aliphatic rings. The van der Waals surface area contributed by atoms with Gasteiger partial charge in [0.1, 0.15) is 5.75 Å². The van der Waals surface area contributed by atoms with Gasteiger partial charge in [-0.15, -0.1) is 0 Å². The molecule has 0 saturated carbocycles. The van der Waals surface area contributed by atoms with E-state index in [1.54, 1.807) is 7.11 Å². The van der Waals surface area contributed by atoms with Gasteiger partial charge in [-0.05, 0) is 48.9 Å². The van der Waals surface area contributed by atoms with Crippen LogP contribution in [0.25, 0.3) is 0 Å². The number of methoxy groups -OCH3 is 1. The maximum atomic E-state index is 6.23. The maximum absolute atomic E-state index is 6.23. The van der Waals surface area contributed by atoms with Crippen LogP contribution in [0.2, 0.25) is 0 Å². The monoisotopic (exact) mass is 313 g/mol. The van der Waals surface area contributed by atoms with E-state index in [-0.39, 0.29) is 6.04 Å². The van der Waals surface area contributed by atoms with Crippen LogP contribution >= 0.6 is 15.9 Å². The summed E-state index contributed by atoms with van der Waals surface area (Å²) < 4.78 is 11.7. The van der Waals surface area contributed by atoms with Gasteiger partial charge in [0.15, 0.2) is 0 Å². The smallest absolute Gasteiger partial charge is 0.119 e. The number of halogens is 1. The minimum atomic E-state index is 0.181. The molecule has 1 fully saturated rings. The van der Waals surface area contributed by atoms with E-state index in [1.807, 2.05) is 12.1 Å². The average molecular weight is 314 g/mol. The van der Waals surface area contributed by atoms with Gasteiger partial charge in [-0.2, -0.15) is 0 Å². The Morgan fingerprint density at radius 2 is 2.39 bits per heavy atom. The van der Waals surface area contributed by atoms with Gasteiger partial charge in [-0.1, -0.05) is 15.9 Å². The van der Waals surface area contributed by atoms with Crippen LogP contribution in [0.4, 0.5) is 0 Å². The lowest BCUT2D eigenvalue weighted by Crippen LogP contribution is -2.26. The zero-order chi connectivity index (χ0) is 13.0. The van der Waals surface area contributed by atoms with Crippen molar-refractivity contribution in [3.63, 3.8) is 0 Å². The molecule has 4 heteroatoms. The quantitative estimate of drug-likeness (QED) is 0.909. The molecule has 1 aliphatic heterocycles. The van der Waals surface area contributed by atoms with Crippen molar-refractivity contribution in [1.82, 2.24) is 0 Å². The zero-order valence-corrected chi connectivity index (χ0v) is 12.3. The fourth-order valence-corrected chi connectivity index (χ4v) is 2.81. The highest BCUT2D eigenvalue weighted by molar-refractivity contribution is 9.10. The van der Waals surface area contributed by atoms with Crippen LogP contribution in [0, 0.1) is 5.92 Å². The Morgan fingerprint density at radius 1 is 1.56 bits per heavy atom. The fraction of sp³-hybridized carbons (Fsp3) is 0.571. The second-order valence-electron chi connectivity index (χ2n) is 4.89. The summed E-state index contributed by atoms with van der Waals surface area (Å²) in [6.45, 7) is 1.76. The number of rotatable bonds is 5. The molecule has 2 unspecified atom stereocenters. The van der Waals surface area contributed by atoms with E-state index in [9.17, 15) is 0 Å². The van der Waals surface area contributed by atoms with Crippen LogP contribution in [0.15, 0.2) is 22.7 Å². The first-order valence-corrected chi connectivity index (χ1v) is 7.14. The molecule has 0 aromatic heterocycles. The SMILES string of the molecule is COc1ccc(Br)c(CC(N)CC2CCOC2)c1. The number of benzene rings is 1. The van der Waals surface area contributed by atoms with E-state index in [0.717, 1.165) is 42.7 Å². The summed E-state index contributed by atoms with van der Waals surface area (Å²) >= 11 is 3.57. The number of ether oxygens (including phenoxy) is 2. The van der Waals surface area contributed by atoms with Crippen molar-refractivity contribution in [2.75, 3.05) is 20.3 Å². The minimum absolute atomic E-state index is 0.181. The van der Waals surface area contributed by atoms with Crippen molar-refractivity contribution in [2.24, 2.45) is 11.7 Å². The third-order valence-electron chi connectivity index (χ3n) is 3.40. The van der Waals surface area contributed by atoms with Crippen molar-refractivity contribution < 1.29 is 9.47 Å². The van der Waals surface area contributed by atoms with Gasteiger partial charge >= 0.3 is 0 Å². The molecule has 18 heavy (non-hydrogen) atoms. The summed E-state index contributed by atoms with van der Waals surface area (Å²) in [6.07, 6.45) is 3.05. The molecule has 1 aromatic carbocycles. The molecule has 2 rings (SSSR count). The molecular weight excluding hydrogens is 294 g/mol. The lowest BCUT2D eigenvalue weighted by molar-refractivity contribution is 0.182. The first-order valence-electron chi connectivity index (χ1n) is 6.34. The number of hydrogen-bond acceptors (Lipinski definition) is 3. The van der Waals surface area contributed by atoms with E-state index in [4.69, 9.17) is 15.2 Å². The van der Waals surface area contributed by atoms with Gasteiger partial charge in [0.25, 0.3) is 0 Å². The average Bonchev–Trinajstić information content (AvgIpc) is 2.84. The van der Waals surface area contributed by atoms with E-state index in [2.05, 4.69) is 22.0 Å². The molecule has 0 bridgehead atoms. The fourth-order valence-electron chi connectivity index (χ4n) is 2.40. The van der Waals surface area contributed by atoms with Crippen molar-refractivity contribution in [3.05, 3.63) is 28.2 Å². The summed E-state index contributed by atoms with van der Waals surface area (Å²) in [7, 11) is 1.68. The number of hydrogen-bond donors (Lipinski definition) is 1. The molecule has 1 heterocycles. The predicted octanol–water partition coefficient (Wildman–Crippen LogP) is 2.75. The molecule has 1 saturated heterocycles. The molecule has 100 valence electrons. The van der Waals surface area contributed by atoms with Crippen molar-refractivity contribution >= 4 is 15.9 Å². The first-order chi connectivity index (χ1) is 8.69. The summed E-state index contributed by atoms with van der Waals surface area (Å²) in [4.78, 5) is 0. The Balaban J connectivity index is 1.94. The summed E-state index contributed by atoms with van der Waals surface area (Å²) in [5.74, 6) is 1.51. The Kier molecular flexibility index (Phi) is 5.03. The van der Waals surface area contributed by atoms with Crippen molar-refractivity contribution in [3.8, 4) is 5.75 Å². The van der Waals surface area contributed by atoms with Gasteiger partial charge in [0, 0.05) is 23.7 Å². The van der Waals surface area contributed by atoms with Crippen LogP contribution in [-0.4, -0.2) is 26.4 Å². The van der Waals surface area contributed by atoms with E-state index in [1.165, 1.54) is 5.56 Å². The van der Waals surface area contributed by atoms with Crippen LogP contribution in [0.3, 0.4) is 0 Å². The third kappa shape index (κ3) is 3.70. The third-order valence-corrected chi connectivity index (χ3v) is 4.17. The van der Waals surface area contributed by atoms with Crippen molar-refractivity contribution in [1.29, 1.82) is 0 Å². The highest BCUT2D eigenvalue weighted by atomic mass is 79.9. The van der Waals surface area contributed by atoms with E-state index < -0.39 is 0 Å². The van der Waals surface area contributed by atoms with Gasteiger partial charge in [0.2, 0.25) is 0 Å². The van der Waals surface area contributed by atoms with Gasteiger partial charge in [0.05, 0.1) is 7.11 Å². The van der Waals surface area contributed by atoms with Crippen LogP contribution in [0.1, 0.15) is 18.4 Å². The molecule has 1 aromatic rings. The van der Waals surface area contributed by atoms with Crippen molar-refractivity contribution in [2.45, 2.75) is 25.3 Å². The van der Waals surface area contributed by atoms with Gasteiger partial charge in [-0.25, -0.2) is 0 Å². The summed E-state index contributed by atoms with van der Waals surface area (Å²) in [5, 5.41) is 0. The van der Waals surface area contributed by atoms with Gasteiger partial charge in [-0.3, -0.25) is 0 Å². The Bertz CT molecular complexity index is 391. The van der Waals surface area contributed by atoms with E-state index in [0.29, 0.717) is 5.92 Å². The van der Waals surface area contributed by atoms with Crippen LogP contribution < -0.4 is 10.5 Å². The summed E-state index contributed by atoms with van der Waals surface area (Å²) in [6, 6.07) is 6.19. The lowest BCUT2D eigenvalue weighted by atomic mass is 9.95. The Labute approximate surface area is 117 Å². The zero-order valence-electron chi connectivity index (χ0n) is 10.7. The normalized spacial score (nSPS) is 20.9. The van der Waals surface area contributed by atoms with Gasteiger partial charge < -0.3 is 15.2 Å². The van der Waals surface area contributed by atoms with E-state index >= 15 is 0 Å². The largest absolute Gasteiger partial charge is 0.497 e. The van der Waals surface area contributed by atoms with Crippen LogP contribution in [-0.2, 0) is 11.2 Å². The molecule has 0 aliphatic carbocycles. The second kappa shape index (κ2) is 6.55. The molecule has 0 spiro atoms. The highest BCUT2D eigenvalue weighted by Crippen LogP contribution is 2.25. The van der Waals surface area contributed by atoms with Crippen LogP contribution in [0.5, 0.6) is 5.75 Å². The Morgan fingerprint density at radius 3 is 3.06 bits per heavy atom. The molecule has 3 nitrogen and oxygen atoms in total. The summed E-state index contributed by atoms with van der Waals surface area (Å²) in [5.41, 5.74) is 7.44. The standard InChI is InChI=1S/C14H20BrNO2/c1-17-13-2-3-14(15)11(8-13)7-12(16)6-10-4-5-18-9-10/h2-3,8,10,12H,4-7,9,16H2,1H3. The predicted molar refractivity (Wildman–Crippen MR) is 75.9 cm³/mol. The molecule has 0 radical (unpaired) electrons. The molecule has 2 atom stereocenters.